The van der Waals surface area contributed by atoms with Gasteiger partial charge in [-0.15, -0.1) is 0 Å². The van der Waals surface area contributed by atoms with Gasteiger partial charge in [0.05, 0.1) is 18.6 Å². The van der Waals surface area contributed by atoms with Crippen molar-refractivity contribution >= 4 is 11.8 Å². The molecule has 0 saturated heterocycles. The van der Waals surface area contributed by atoms with E-state index in [1.807, 2.05) is 12.2 Å². The first kappa shape index (κ1) is 11.3. The van der Waals surface area contributed by atoms with Crippen LogP contribution in [0.5, 0.6) is 0 Å². The van der Waals surface area contributed by atoms with E-state index in [-0.39, 0.29) is 11.7 Å². The largest absolute Gasteiger partial charge is 0.465 e. The van der Waals surface area contributed by atoms with Crippen LogP contribution in [0, 0.1) is 5.92 Å². The van der Waals surface area contributed by atoms with Gasteiger partial charge in [0.1, 0.15) is 0 Å². The van der Waals surface area contributed by atoms with Crippen molar-refractivity contribution in [2.75, 3.05) is 7.11 Å². The first-order valence-corrected chi connectivity index (χ1v) is 5.30. The summed E-state index contributed by atoms with van der Waals surface area (Å²) in [5.41, 5.74) is 0.717. The summed E-state index contributed by atoms with van der Waals surface area (Å²) in [6, 6.07) is 6.70. The Hall–Kier alpha value is -2.16. The van der Waals surface area contributed by atoms with Gasteiger partial charge < -0.3 is 4.74 Å². The summed E-state index contributed by atoms with van der Waals surface area (Å²) < 4.78 is 4.66. The van der Waals surface area contributed by atoms with Crippen LogP contribution < -0.4 is 0 Å². The predicted molar refractivity (Wildman–Crippen MR) is 63.9 cm³/mol. The third-order valence-electron chi connectivity index (χ3n) is 2.65. The van der Waals surface area contributed by atoms with Gasteiger partial charge in [-0.1, -0.05) is 42.5 Å². The maximum atomic E-state index is 12.2. The molecule has 3 heteroatoms. The van der Waals surface area contributed by atoms with Crippen LogP contribution in [-0.4, -0.2) is 18.9 Å². The standard InChI is InChI=1S/C14H12O3/c1-17-14(16)12-9-5-4-8-11(12)13(15)10-6-2-3-7-10/h2-10H,1H3. The molecule has 0 saturated carbocycles. The highest BCUT2D eigenvalue weighted by Gasteiger charge is 2.22. The molecule has 0 atom stereocenters. The Labute approximate surface area is 99.4 Å². The van der Waals surface area contributed by atoms with Crippen molar-refractivity contribution in [2.45, 2.75) is 0 Å². The average molecular weight is 228 g/mol. The van der Waals surface area contributed by atoms with Crippen LogP contribution in [0.1, 0.15) is 20.7 Å². The Morgan fingerprint density at radius 1 is 1.06 bits per heavy atom. The number of methoxy groups -OCH3 is 1. The number of rotatable bonds is 3. The fraction of sp³-hybridized carbons (Fsp3) is 0.143. The van der Waals surface area contributed by atoms with E-state index < -0.39 is 5.97 Å². The number of carbonyl (C=O) groups excluding carboxylic acids is 2. The quantitative estimate of drug-likeness (QED) is 0.589. The van der Waals surface area contributed by atoms with E-state index in [1.54, 1.807) is 36.4 Å². The van der Waals surface area contributed by atoms with E-state index >= 15 is 0 Å². The molecule has 0 heterocycles. The number of esters is 1. The highest BCUT2D eigenvalue weighted by molar-refractivity contribution is 6.08. The molecule has 17 heavy (non-hydrogen) atoms. The number of benzene rings is 1. The molecule has 3 nitrogen and oxygen atoms in total. The number of hydrogen-bond acceptors (Lipinski definition) is 3. The van der Waals surface area contributed by atoms with Gasteiger partial charge in [-0.25, -0.2) is 4.79 Å². The first-order valence-electron chi connectivity index (χ1n) is 5.30. The van der Waals surface area contributed by atoms with Crippen molar-refractivity contribution in [3.8, 4) is 0 Å². The lowest BCUT2D eigenvalue weighted by Crippen LogP contribution is -2.15. The number of carbonyl (C=O) groups is 2. The van der Waals surface area contributed by atoms with E-state index in [4.69, 9.17) is 0 Å². The molecule has 0 N–H and O–H groups in total. The summed E-state index contributed by atoms with van der Waals surface area (Å²) in [6.45, 7) is 0. The first-order chi connectivity index (χ1) is 8.24. The molecule has 0 unspecified atom stereocenters. The topological polar surface area (TPSA) is 43.4 Å². The summed E-state index contributed by atoms with van der Waals surface area (Å²) >= 11 is 0. The van der Waals surface area contributed by atoms with E-state index in [2.05, 4.69) is 4.74 Å². The van der Waals surface area contributed by atoms with Gasteiger partial charge in [0.2, 0.25) is 0 Å². The molecule has 0 radical (unpaired) electrons. The molecule has 0 bridgehead atoms. The van der Waals surface area contributed by atoms with Gasteiger partial charge in [0, 0.05) is 5.56 Å². The maximum absolute atomic E-state index is 12.2. The number of ether oxygens (including phenoxy) is 1. The van der Waals surface area contributed by atoms with Crippen molar-refractivity contribution in [3.05, 3.63) is 59.7 Å². The minimum atomic E-state index is -0.486. The second-order valence-corrected chi connectivity index (χ2v) is 3.70. The van der Waals surface area contributed by atoms with Gasteiger partial charge in [0.15, 0.2) is 5.78 Å². The molecular weight excluding hydrogens is 216 g/mol. The molecule has 0 spiro atoms. The molecular formula is C14H12O3. The van der Waals surface area contributed by atoms with Crippen molar-refractivity contribution in [2.24, 2.45) is 5.92 Å². The third-order valence-corrected chi connectivity index (χ3v) is 2.65. The number of ketones is 1. The second kappa shape index (κ2) is 4.78. The third kappa shape index (κ3) is 2.18. The minimum Gasteiger partial charge on any atom is -0.465 e. The van der Waals surface area contributed by atoms with E-state index in [9.17, 15) is 9.59 Å². The SMILES string of the molecule is COC(=O)c1ccccc1C(=O)C1C=CC=C1. The van der Waals surface area contributed by atoms with E-state index in [0.29, 0.717) is 11.1 Å². The van der Waals surface area contributed by atoms with Crippen molar-refractivity contribution < 1.29 is 14.3 Å². The lowest BCUT2D eigenvalue weighted by molar-refractivity contribution is 0.0596. The van der Waals surface area contributed by atoms with Gasteiger partial charge in [-0.05, 0) is 6.07 Å². The van der Waals surface area contributed by atoms with Gasteiger partial charge in [-0.3, -0.25) is 4.79 Å². The summed E-state index contributed by atoms with van der Waals surface area (Å²) in [4.78, 5) is 23.7. The Morgan fingerprint density at radius 3 is 2.24 bits per heavy atom. The van der Waals surface area contributed by atoms with Crippen molar-refractivity contribution in [1.29, 1.82) is 0 Å². The predicted octanol–water partition coefficient (Wildman–Crippen LogP) is 2.40. The molecule has 0 aliphatic heterocycles. The molecule has 2 rings (SSSR count). The zero-order chi connectivity index (χ0) is 12.3. The fourth-order valence-corrected chi connectivity index (χ4v) is 1.77. The summed E-state index contributed by atoms with van der Waals surface area (Å²) in [7, 11) is 1.30. The van der Waals surface area contributed by atoms with Gasteiger partial charge >= 0.3 is 5.97 Å². The summed E-state index contributed by atoms with van der Waals surface area (Å²) in [5, 5.41) is 0. The molecule has 1 aliphatic rings. The van der Waals surface area contributed by atoms with E-state index in [1.165, 1.54) is 7.11 Å². The maximum Gasteiger partial charge on any atom is 0.338 e. The second-order valence-electron chi connectivity index (χ2n) is 3.70. The molecule has 1 aliphatic carbocycles. The van der Waals surface area contributed by atoms with Crippen molar-refractivity contribution in [3.63, 3.8) is 0 Å². The van der Waals surface area contributed by atoms with Crippen LogP contribution in [0.4, 0.5) is 0 Å². The fourth-order valence-electron chi connectivity index (χ4n) is 1.77. The highest BCUT2D eigenvalue weighted by Crippen LogP contribution is 2.19. The van der Waals surface area contributed by atoms with Crippen molar-refractivity contribution in [1.82, 2.24) is 0 Å². The summed E-state index contributed by atoms with van der Waals surface area (Å²) in [6.07, 6.45) is 7.25. The Morgan fingerprint density at radius 2 is 1.65 bits per heavy atom. The Balaban J connectivity index is 2.38. The van der Waals surface area contributed by atoms with E-state index in [0.717, 1.165) is 0 Å². The van der Waals surface area contributed by atoms with Gasteiger partial charge in [-0.2, -0.15) is 0 Å². The molecule has 86 valence electrons. The Bertz CT molecular complexity index is 500. The summed E-state index contributed by atoms with van der Waals surface area (Å²) in [5.74, 6) is -0.850. The van der Waals surface area contributed by atoms with Crippen LogP contribution in [0.15, 0.2) is 48.6 Å². The van der Waals surface area contributed by atoms with Gasteiger partial charge in [0.25, 0.3) is 0 Å². The van der Waals surface area contributed by atoms with Crippen LogP contribution >= 0.6 is 0 Å². The highest BCUT2D eigenvalue weighted by atomic mass is 16.5. The molecule has 0 fully saturated rings. The number of hydrogen-bond donors (Lipinski definition) is 0. The lowest BCUT2D eigenvalue weighted by Gasteiger charge is -2.09. The Kier molecular flexibility index (Phi) is 3.19. The normalized spacial score (nSPS) is 13.9. The smallest absolute Gasteiger partial charge is 0.338 e. The van der Waals surface area contributed by atoms with Crippen LogP contribution in [0.3, 0.4) is 0 Å². The van der Waals surface area contributed by atoms with Crippen LogP contribution in [0.2, 0.25) is 0 Å². The molecule has 1 aromatic rings. The zero-order valence-corrected chi connectivity index (χ0v) is 9.42. The molecule has 0 aromatic heterocycles. The minimum absolute atomic E-state index is 0.0870. The zero-order valence-electron chi connectivity index (χ0n) is 9.42. The lowest BCUT2D eigenvalue weighted by atomic mass is 9.95. The van der Waals surface area contributed by atoms with Crippen LogP contribution in [0.25, 0.3) is 0 Å². The molecule has 1 aromatic carbocycles. The number of Topliss-reactive ketones (excluding diaryl/α,β-unsaturated/α-hetero) is 1. The monoisotopic (exact) mass is 228 g/mol. The molecule has 0 amide bonds. The van der Waals surface area contributed by atoms with Crippen LogP contribution in [-0.2, 0) is 4.74 Å². The average Bonchev–Trinajstić information content (AvgIpc) is 2.91. The number of allylic oxidation sites excluding steroid dienone is 4.